The summed E-state index contributed by atoms with van der Waals surface area (Å²) in [5, 5.41) is 1.47. The fourth-order valence-corrected chi connectivity index (χ4v) is 2.40. The highest BCUT2D eigenvalue weighted by molar-refractivity contribution is 7.71. The molecule has 0 saturated heterocycles. The summed E-state index contributed by atoms with van der Waals surface area (Å²) < 4.78 is 2.02. The van der Waals surface area contributed by atoms with E-state index in [1.54, 1.807) is 23.0 Å². The molecule has 0 aliphatic heterocycles. The van der Waals surface area contributed by atoms with Crippen molar-refractivity contribution in [2.24, 2.45) is 0 Å². The number of hydrogen-bond acceptors (Lipinski definition) is 3. The summed E-state index contributed by atoms with van der Waals surface area (Å²) in [6.45, 7) is 0. The molecule has 0 radical (unpaired) electrons. The monoisotopic (exact) mass is 289 g/mol. The molecular weight excluding hydrogens is 282 g/mol. The topological polar surface area (TPSA) is 50.7 Å². The average molecular weight is 290 g/mol. The van der Waals surface area contributed by atoms with Gasteiger partial charge in [-0.05, 0) is 36.5 Å². The molecule has 0 aliphatic rings. The molecule has 1 N–H and O–H groups in total. The van der Waals surface area contributed by atoms with E-state index in [0.29, 0.717) is 9.79 Å². The van der Waals surface area contributed by atoms with Gasteiger partial charge in [-0.2, -0.15) is 0 Å². The first-order valence-corrected chi connectivity index (χ1v) is 6.31. The summed E-state index contributed by atoms with van der Waals surface area (Å²) in [5.74, 6) is 0. The van der Waals surface area contributed by atoms with Crippen LogP contribution in [0.15, 0.2) is 47.5 Å². The summed E-state index contributed by atoms with van der Waals surface area (Å²) in [6, 6.07) is 8.74. The highest BCUT2D eigenvalue weighted by Crippen LogP contribution is 2.26. The van der Waals surface area contributed by atoms with Crippen molar-refractivity contribution in [1.82, 2.24) is 14.5 Å². The lowest BCUT2D eigenvalue weighted by Crippen LogP contribution is -2.10. The Morgan fingerprint density at radius 2 is 2.11 bits per heavy atom. The highest BCUT2D eigenvalue weighted by atomic mass is 35.5. The number of aromatic amines is 1. The van der Waals surface area contributed by atoms with Gasteiger partial charge >= 0.3 is 0 Å². The number of rotatable bonds is 1. The van der Waals surface area contributed by atoms with E-state index in [4.69, 9.17) is 23.8 Å². The third-order valence-corrected chi connectivity index (χ3v) is 3.41. The average Bonchev–Trinajstić information content (AvgIpc) is 2.41. The van der Waals surface area contributed by atoms with E-state index in [-0.39, 0.29) is 5.56 Å². The second kappa shape index (κ2) is 4.60. The van der Waals surface area contributed by atoms with Gasteiger partial charge in [-0.1, -0.05) is 11.6 Å². The zero-order valence-electron chi connectivity index (χ0n) is 9.63. The maximum Gasteiger partial charge on any atom is 0.251 e. The number of pyridine rings is 1. The number of nitrogens with one attached hydrogen (secondary N) is 1. The van der Waals surface area contributed by atoms with Crippen molar-refractivity contribution in [1.29, 1.82) is 0 Å². The third-order valence-electron chi connectivity index (χ3n) is 2.78. The van der Waals surface area contributed by atoms with E-state index < -0.39 is 0 Å². The first-order chi connectivity index (χ1) is 9.16. The van der Waals surface area contributed by atoms with E-state index >= 15 is 0 Å². The van der Waals surface area contributed by atoms with Crippen LogP contribution in [0.4, 0.5) is 0 Å². The van der Waals surface area contributed by atoms with Crippen LogP contribution < -0.4 is 5.56 Å². The van der Waals surface area contributed by atoms with Crippen LogP contribution in [0.25, 0.3) is 16.6 Å². The first kappa shape index (κ1) is 12.1. The maximum absolute atomic E-state index is 11.2. The van der Waals surface area contributed by atoms with Crippen LogP contribution in [0.1, 0.15) is 0 Å². The van der Waals surface area contributed by atoms with Crippen molar-refractivity contribution in [3.8, 4) is 5.69 Å². The SMILES string of the molecule is O=c1ccn(-c2ccc(Cl)c3cccnc23)c(=S)[nH]1. The van der Waals surface area contributed by atoms with Crippen molar-refractivity contribution in [2.45, 2.75) is 0 Å². The fourth-order valence-electron chi connectivity index (χ4n) is 1.92. The lowest BCUT2D eigenvalue weighted by atomic mass is 10.2. The van der Waals surface area contributed by atoms with Crippen LogP contribution in [0.3, 0.4) is 0 Å². The summed E-state index contributed by atoms with van der Waals surface area (Å²) in [5.41, 5.74) is 1.28. The van der Waals surface area contributed by atoms with Crippen molar-refractivity contribution in [2.75, 3.05) is 0 Å². The number of H-pyrrole nitrogens is 1. The first-order valence-electron chi connectivity index (χ1n) is 5.52. The quantitative estimate of drug-likeness (QED) is 0.700. The normalized spacial score (nSPS) is 10.8. The van der Waals surface area contributed by atoms with E-state index in [2.05, 4.69) is 9.97 Å². The summed E-state index contributed by atoms with van der Waals surface area (Å²) >= 11 is 11.3. The lowest BCUT2D eigenvalue weighted by Gasteiger charge is -2.09. The van der Waals surface area contributed by atoms with Gasteiger partial charge < -0.3 is 0 Å². The summed E-state index contributed by atoms with van der Waals surface area (Å²) in [4.78, 5) is 18.1. The molecule has 0 aliphatic carbocycles. The molecule has 19 heavy (non-hydrogen) atoms. The Bertz CT molecular complexity index is 885. The van der Waals surface area contributed by atoms with Gasteiger partial charge in [0.1, 0.15) is 0 Å². The van der Waals surface area contributed by atoms with Gasteiger partial charge in [-0.25, -0.2) is 0 Å². The van der Waals surface area contributed by atoms with E-state index in [0.717, 1.165) is 16.6 Å². The van der Waals surface area contributed by atoms with Crippen LogP contribution in [0.2, 0.25) is 5.02 Å². The van der Waals surface area contributed by atoms with Crippen molar-refractivity contribution in [3.05, 3.63) is 62.9 Å². The van der Waals surface area contributed by atoms with Crippen molar-refractivity contribution < 1.29 is 0 Å². The Morgan fingerprint density at radius 3 is 2.89 bits per heavy atom. The molecule has 0 spiro atoms. The third kappa shape index (κ3) is 2.07. The predicted molar refractivity (Wildman–Crippen MR) is 77.5 cm³/mol. The van der Waals surface area contributed by atoms with Gasteiger partial charge in [0.2, 0.25) is 0 Å². The number of aromatic nitrogens is 3. The van der Waals surface area contributed by atoms with Gasteiger partial charge in [-0.15, -0.1) is 0 Å². The molecule has 0 bridgehead atoms. The predicted octanol–water partition coefficient (Wildman–Crippen LogP) is 3.10. The van der Waals surface area contributed by atoms with E-state index in [1.807, 2.05) is 18.2 Å². The van der Waals surface area contributed by atoms with Crippen molar-refractivity contribution >= 4 is 34.7 Å². The lowest BCUT2D eigenvalue weighted by molar-refractivity contribution is 0.941. The van der Waals surface area contributed by atoms with Crippen molar-refractivity contribution in [3.63, 3.8) is 0 Å². The number of nitrogens with zero attached hydrogens (tertiary/aromatic N) is 2. The Kier molecular flexibility index (Phi) is 2.93. The molecule has 0 saturated carbocycles. The fraction of sp³-hybridized carbons (Fsp3) is 0. The maximum atomic E-state index is 11.2. The van der Waals surface area contributed by atoms with Gasteiger partial charge in [0.05, 0.1) is 16.2 Å². The van der Waals surface area contributed by atoms with Gasteiger partial charge in [-0.3, -0.25) is 19.3 Å². The van der Waals surface area contributed by atoms with Crippen LogP contribution in [0, 0.1) is 4.77 Å². The molecule has 94 valence electrons. The molecule has 0 fully saturated rings. The molecule has 2 heterocycles. The Morgan fingerprint density at radius 1 is 1.26 bits per heavy atom. The molecule has 0 atom stereocenters. The Balaban J connectivity index is 2.41. The molecule has 3 aromatic rings. The van der Waals surface area contributed by atoms with E-state index in [1.165, 1.54) is 6.07 Å². The smallest absolute Gasteiger partial charge is 0.251 e. The van der Waals surface area contributed by atoms with Gasteiger partial charge in [0.15, 0.2) is 4.77 Å². The standard InChI is InChI=1S/C13H8ClN3OS/c14-9-3-4-10(12-8(9)2-1-6-15-12)17-7-5-11(18)16-13(17)19/h1-7H,(H,16,18,19). The Labute approximate surface area is 118 Å². The van der Waals surface area contributed by atoms with Gasteiger partial charge in [0, 0.05) is 23.8 Å². The minimum atomic E-state index is -0.229. The minimum absolute atomic E-state index is 0.229. The van der Waals surface area contributed by atoms with Crippen LogP contribution in [0.5, 0.6) is 0 Å². The number of hydrogen-bond donors (Lipinski definition) is 1. The zero-order valence-corrected chi connectivity index (χ0v) is 11.2. The van der Waals surface area contributed by atoms with E-state index in [9.17, 15) is 4.79 Å². The highest BCUT2D eigenvalue weighted by Gasteiger charge is 2.07. The minimum Gasteiger partial charge on any atom is -0.299 e. The summed E-state index contributed by atoms with van der Waals surface area (Å²) in [7, 11) is 0. The number of benzene rings is 1. The Hall–Kier alpha value is -1.98. The molecule has 2 aromatic heterocycles. The second-order valence-electron chi connectivity index (χ2n) is 3.95. The zero-order chi connectivity index (χ0) is 13.4. The molecule has 0 amide bonds. The molecule has 6 heteroatoms. The largest absolute Gasteiger partial charge is 0.299 e. The number of halogens is 1. The second-order valence-corrected chi connectivity index (χ2v) is 4.74. The molecule has 0 unspecified atom stereocenters. The summed E-state index contributed by atoms with van der Waals surface area (Å²) in [6.07, 6.45) is 3.32. The molecular formula is C13H8ClN3OS. The molecule has 1 aromatic carbocycles. The van der Waals surface area contributed by atoms with Crippen LogP contribution >= 0.6 is 23.8 Å². The van der Waals surface area contributed by atoms with Gasteiger partial charge in [0.25, 0.3) is 5.56 Å². The molecule has 3 rings (SSSR count). The van der Waals surface area contributed by atoms with Crippen LogP contribution in [-0.2, 0) is 0 Å². The molecule has 4 nitrogen and oxygen atoms in total. The number of fused-ring (bicyclic) bond motifs is 1. The van der Waals surface area contributed by atoms with Crippen LogP contribution in [-0.4, -0.2) is 14.5 Å².